The molecule has 0 aliphatic heterocycles. The second-order valence-corrected chi connectivity index (χ2v) is 5.70. The van der Waals surface area contributed by atoms with Crippen LogP contribution in [0.25, 0.3) is 0 Å². The summed E-state index contributed by atoms with van der Waals surface area (Å²) in [6.07, 6.45) is 4.29. The Morgan fingerprint density at radius 1 is 1.05 bits per heavy atom. The van der Waals surface area contributed by atoms with Crippen molar-refractivity contribution >= 4 is 5.78 Å². The Morgan fingerprint density at radius 3 is 2.68 bits per heavy atom. The van der Waals surface area contributed by atoms with Crippen LogP contribution in [0.4, 0.5) is 0 Å². The van der Waals surface area contributed by atoms with Gasteiger partial charge in [-0.2, -0.15) is 0 Å². The van der Waals surface area contributed by atoms with Crippen molar-refractivity contribution < 1.29 is 4.79 Å². The van der Waals surface area contributed by atoms with E-state index in [0.29, 0.717) is 6.42 Å². The third-order valence-corrected chi connectivity index (χ3v) is 4.32. The van der Waals surface area contributed by atoms with E-state index in [0.717, 1.165) is 23.4 Å². The van der Waals surface area contributed by atoms with Gasteiger partial charge in [0.25, 0.3) is 0 Å². The summed E-state index contributed by atoms with van der Waals surface area (Å²) >= 11 is 0. The predicted octanol–water partition coefficient (Wildman–Crippen LogP) is 3.65. The fraction of sp³-hybridized carbons (Fsp3) is 0.158. The Labute approximate surface area is 129 Å². The van der Waals surface area contributed by atoms with Crippen molar-refractivity contribution in [2.75, 3.05) is 0 Å². The van der Waals surface area contributed by atoms with Crippen LogP contribution < -0.4 is 0 Å². The summed E-state index contributed by atoms with van der Waals surface area (Å²) in [4.78, 5) is 16.5. The maximum absolute atomic E-state index is 12.2. The minimum absolute atomic E-state index is 0.120. The monoisotopic (exact) mass is 288 g/mol. The van der Waals surface area contributed by atoms with Crippen molar-refractivity contribution in [3.63, 3.8) is 0 Å². The van der Waals surface area contributed by atoms with Crippen molar-refractivity contribution in [2.24, 2.45) is 0 Å². The van der Waals surface area contributed by atoms with E-state index in [4.69, 9.17) is 0 Å². The Kier molecular flexibility index (Phi) is 3.11. The summed E-state index contributed by atoms with van der Waals surface area (Å²) in [6.45, 7) is 0.781. The van der Waals surface area contributed by atoms with E-state index in [1.807, 2.05) is 48.9 Å². The second kappa shape index (κ2) is 5.26. The Morgan fingerprint density at radius 2 is 1.82 bits per heavy atom. The van der Waals surface area contributed by atoms with E-state index < -0.39 is 0 Å². The fourth-order valence-electron chi connectivity index (χ4n) is 3.26. The summed E-state index contributed by atoms with van der Waals surface area (Å²) in [5, 5.41) is 0. The van der Waals surface area contributed by atoms with Gasteiger partial charge >= 0.3 is 0 Å². The van der Waals surface area contributed by atoms with Crippen LogP contribution in [0.5, 0.6) is 0 Å². The van der Waals surface area contributed by atoms with E-state index in [9.17, 15) is 4.79 Å². The van der Waals surface area contributed by atoms with Gasteiger partial charge in [0.15, 0.2) is 5.78 Å². The number of benzene rings is 2. The van der Waals surface area contributed by atoms with E-state index >= 15 is 0 Å². The van der Waals surface area contributed by atoms with E-state index in [1.54, 1.807) is 0 Å². The largest absolute Gasteiger partial charge is 0.330 e. The number of hydrogen-bond acceptors (Lipinski definition) is 2. The zero-order chi connectivity index (χ0) is 14.9. The van der Waals surface area contributed by atoms with Crippen LogP contribution in [0.15, 0.2) is 67.1 Å². The number of carbonyl (C=O) groups excluding carboxylic acids is 1. The first-order valence-corrected chi connectivity index (χ1v) is 7.49. The molecule has 1 aliphatic rings. The van der Waals surface area contributed by atoms with Gasteiger partial charge in [-0.3, -0.25) is 4.79 Å². The van der Waals surface area contributed by atoms with Gasteiger partial charge in [0.05, 0.1) is 6.33 Å². The summed E-state index contributed by atoms with van der Waals surface area (Å²) in [5.41, 5.74) is 4.34. The minimum Gasteiger partial charge on any atom is -0.330 e. The van der Waals surface area contributed by atoms with Gasteiger partial charge in [0.1, 0.15) is 0 Å². The molecule has 3 aromatic rings. The van der Waals surface area contributed by atoms with Crippen LogP contribution in [-0.4, -0.2) is 15.3 Å². The first-order valence-electron chi connectivity index (χ1n) is 7.49. The number of Topliss-reactive ketones (excluding diaryl/α,β-unsaturated/α-hetero) is 1. The highest BCUT2D eigenvalue weighted by Gasteiger charge is 2.31. The van der Waals surface area contributed by atoms with Gasteiger partial charge in [0.2, 0.25) is 0 Å². The van der Waals surface area contributed by atoms with Crippen molar-refractivity contribution in [1.29, 1.82) is 0 Å². The van der Waals surface area contributed by atoms with Crippen LogP contribution in [0.2, 0.25) is 0 Å². The molecule has 0 saturated heterocycles. The summed E-state index contributed by atoms with van der Waals surface area (Å²) < 4.78 is 2.15. The number of ketones is 1. The topological polar surface area (TPSA) is 34.9 Å². The first-order chi connectivity index (χ1) is 10.8. The lowest BCUT2D eigenvalue weighted by atomic mass is 9.98. The molecule has 108 valence electrons. The maximum atomic E-state index is 12.2. The molecule has 0 radical (unpaired) electrons. The number of rotatable bonds is 3. The molecule has 4 rings (SSSR count). The van der Waals surface area contributed by atoms with Gasteiger partial charge in [-0.05, 0) is 11.1 Å². The van der Waals surface area contributed by atoms with Crippen LogP contribution >= 0.6 is 0 Å². The van der Waals surface area contributed by atoms with Crippen LogP contribution in [0.3, 0.4) is 0 Å². The molecule has 3 nitrogen and oxygen atoms in total. The molecule has 3 heteroatoms. The van der Waals surface area contributed by atoms with Crippen molar-refractivity contribution in [2.45, 2.75) is 18.9 Å². The smallest absolute Gasteiger partial charge is 0.164 e. The lowest BCUT2D eigenvalue weighted by Gasteiger charge is -2.14. The average Bonchev–Trinajstić information content (AvgIpc) is 3.13. The van der Waals surface area contributed by atoms with Gasteiger partial charge in [-0.15, -0.1) is 0 Å². The molecule has 0 amide bonds. The summed E-state index contributed by atoms with van der Waals surface area (Å²) in [6, 6.07) is 18.2. The average molecular weight is 288 g/mol. The van der Waals surface area contributed by atoms with Crippen LogP contribution in [0, 0.1) is 0 Å². The molecule has 0 saturated carbocycles. The number of aromatic nitrogens is 2. The van der Waals surface area contributed by atoms with Crippen LogP contribution in [-0.2, 0) is 6.54 Å². The van der Waals surface area contributed by atoms with Crippen LogP contribution in [0.1, 0.15) is 39.5 Å². The van der Waals surface area contributed by atoms with E-state index in [-0.39, 0.29) is 11.7 Å². The molecule has 0 bridgehead atoms. The number of hydrogen-bond donors (Lipinski definition) is 0. The third kappa shape index (κ3) is 2.15. The van der Waals surface area contributed by atoms with Gasteiger partial charge < -0.3 is 4.57 Å². The molecular formula is C19H16N2O. The highest BCUT2D eigenvalue weighted by Crippen LogP contribution is 2.37. The number of carbonyl (C=O) groups is 1. The van der Waals surface area contributed by atoms with Gasteiger partial charge in [-0.25, -0.2) is 4.98 Å². The third-order valence-electron chi connectivity index (χ3n) is 4.32. The highest BCUT2D eigenvalue weighted by atomic mass is 16.1. The Bertz CT molecular complexity index is 820. The Balaban J connectivity index is 1.71. The molecule has 1 atom stereocenters. The zero-order valence-corrected chi connectivity index (χ0v) is 12.1. The number of nitrogens with zero attached hydrogens (tertiary/aromatic N) is 2. The predicted molar refractivity (Wildman–Crippen MR) is 85.0 cm³/mol. The summed E-state index contributed by atoms with van der Waals surface area (Å²) in [7, 11) is 0. The lowest BCUT2D eigenvalue weighted by molar-refractivity contribution is 0.0991. The lowest BCUT2D eigenvalue weighted by Crippen LogP contribution is -2.08. The molecular weight excluding hydrogens is 272 g/mol. The highest BCUT2D eigenvalue weighted by molar-refractivity contribution is 6.01. The second-order valence-electron chi connectivity index (χ2n) is 5.70. The van der Waals surface area contributed by atoms with E-state index in [2.05, 4.69) is 27.8 Å². The molecule has 1 aromatic heterocycles. The number of fused-ring (bicyclic) bond motifs is 1. The molecule has 22 heavy (non-hydrogen) atoms. The molecule has 2 aromatic carbocycles. The quantitative estimate of drug-likeness (QED) is 0.737. The van der Waals surface area contributed by atoms with Crippen molar-refractivity contribution in [3.8, 4) is 0 Å². The zero-order valence-electron chi connectivity index (χ0n) is 12.1. The molecule has 1 heterocycles. The molecule has 1 unspecified atom stereocenters. The first kappa shape index (κ1) is 13.0. The minimum atomic E-state index is 0.120. The van der Waals surface area contributed by atoms with Crippen molar-refractivity contribution in [1.82, 2.24) is 9.55 Å². The summed E-state index contributed by atoms with van der Waals surface area (Å²) in [5.74, 6) is 0.350. The maximum Gasteiger partial charge on any atom is 0.164 e. The Hall–Kier alpha value is -2.68. The number of imidazole rings is 1. The van der Waals surface area contributed by atoms with E-state index in [1.165, 1.54) is 5.56 Å². The van der Waals surface area contributed by atoms with Gasteiger partial charge in [-0.1, -0.05) is 54.6 Å². The van der Waals surface area contributed by atoms with Crippen molar-refractivity contribution in [3.05, 3.63) is 89.5 Å². The molecule has 0 spiro atoms. The molecule has 1 aliphatic carbocycles. The molecule has 0 N–H and O–H groups in total. The normalized spacial score (nSPS) is 16.7. The standard InChI is InChI=1S/C19H16N2O/c22-19-10-17(15-8-4-5-9-16(15)19)18-11-20-13-21(18)12-14-6-2-1-3-7-14/h1-9,11,13,17H,10,12H2. The van der Waals surface area contributed by atoms with Gasteiger partial charge in [0, 0.05) is 36.3 Å². The molecule has 0 fully saturated rings. The SMILES string of the molecule is O=C1CC(c2cncn2Cc2ccccc2)c2ccccc21. The fourth-order valence-corrected chi connectivity index (χ4v) is 3.26.